The quantitative estimate of drug-likeness (QED) is 0.786. The van der Waals surface area contributed by atoms with E-state index in [0.29, 0.717) is 31.2 Å². The third kappa shape index (κ3) is 2.91. The molecule has 0 unspecified atom stereocenters. The van der Waals surface area contributed by atoms with E-state index in [2.05, 4.69) is 0 Å². The zero-order valence-corrected chi connectivity index (χ0v) is 12.1. The molecule has 19 heavy (non-hydrogen) atoms. The zero-order chi connectivity index (χ0) is 14.0. The lowest BCUT2D eigenvalue weighted by atomic mass is 10.2. The number of halogens is 1. The van der Waals surface area contributed by atoms with Crippen molar-refractivity contribution in [3.05, 3.63) is 28.8 Å². The normalized spacial score (nSPS) is 17.5. The van der Waals surface area contributed by atoms with E-state index in [1.807, 2.05) is 0 Å². The fraction of sp³-hybridized carbons (Fsp3) is 0.417. The zero-order valence-electron chi connectivity index (χ0n) is 10.5. The SMILES string of the molecule is Cc1cc(S(=O)(=O)N2CCN(C=O)CC2)ccc1Cl. The van der Waals surface area contributed by atoms with Gasteiger partial charge < -0.3 is 4.90 Å². The predicted octanol–water partition coefficient (Wildman–Crippen LogP) is 1.11. The number of amides is 1. The standard InChI is InChI=1S/C12H15ClN2O3S/c1-10-8-11(2-3-12(10)13)19(17,18)15-6-4-14(9-16)5-7-15/h2-3,8-9H,4-7H2,1H3. The summed E-state index contributed by atoms with van der Waals surface area (Å²) in [6.45, 7) is 3.27. The monoisotopic (exact) mass is 302 g/mol. The van der Waals surface area contributed by atoms with Gasteiger partial charge in [-0.1, -0.05) is 11.6 Å². The van der Waals surface area contributed by atoms with Crippen molar-refractivity contribution in [2.24, 2.45) is 0 Å². The van der Waals surface area contributed by atoms with Crippen molar-refractivity contribution >= 4 is 28.0 Å². The van der Waals surface area contributed by atoms with Gasteiger partial charge in [-0.05, 0) is 30.7 Å². The average Bonchev–Trinajstić information content (AvgIpc) is 2.41. The van der Waals surface area contributed by atoms with Crippen LogP contribution >= 0.6 is 11.6 Å². The first kappa shape index (κ1) is 14.3. The Morgan fingerprint density at radius 2 is 1.84 bits per heavy atom. The molecule has 5 nitrogen and oxygen atoms in total. The van der Waals surface area contributed by atoms with Crippen LogP contribution in [0.1, 0.15) is 5.56 Å². The highest BCUT2D eigenvalue weighted by Crippen LogP contribution is 2.22. The molecule has 1 aliphatic rings. The maximum absolute atomic E-state index is 12.4. The highest BCUT2D eigenvalue weighted by atomic mass is 35.5. The highest BCUT2D eigenvalue weighted by Gasteiger charge is 2.28. The fourth-order valence-corrected chi connectivity index (χ4v) is 3.60. The molecule has 1 aliphatic heterocycles. The van der Waals surface area contributed by atoms with E-state index < -0.39 is 10.0 Å². The molecule has 0 radical (unpaired) electrons. The summed E-state index contributed by atoms with van der Waals surface area (Å²) in [6, 6.07) is 4.67. The number of rotatable bonds is 3. The lowest BCUT2D eigenvalue weighted by Gasteiger charge is -2.31. The van der Waals surface area contributed by atoms with Crippen LogP contribution in [0.4, 0.5) is 0 Å². The molecular formula is C12H15ClN2O3S. The van der Waals surface area contributed by atoms with Crippen LogP contribution in [0.5, 0.6) is 0 Å². The van der Waals surface area contributed by atoms with Gasteiger partial charge in [0.2, 0.25) is 16.4 Å². The van der Waals surface area contributed by atoms with Gasteiger partial charge in [0, 0.05) is 31.2 Å². The van der Waals surface area contributed by atoms with Crippen molar-refractivity contribution in [1.82, 2.24) is 9.21 Å². The van der Waals surface area contributed by atoms with Gasteiger partial charge in [0.1, 0.15) is 0 Å². The van der Waals surface area contributed by atoms with E-state index in [-0.39, 0.29) is 4.90 Å². The number of aryl methyl sites for hydroxylation is 1. The Morgan fingerprint density at radius 1 is 1.21 bits per heavy atom. The van der Waals surface area contributed by atoms with E-state index in [1.165, 1.54) is 10.4 Å². The Balaban J connectivity index is 2.23. The summed E-state index contributed by atoms with van der Waals surface area (Å²) < 4.78 is 26.2. The number of nitrogens with zero attached hydrogens (tertiary/aromatic N) is 2. The number of piperazine rings is 1. The minimum absolute atomic E-state index is 0.244. The molecule has 0 atom stereocenters. The summed E-state index contributed by atoms with van der Waals surface area (Å²) in [7, 11) is -3.50. The Bertz CT molecular complexity index is 581. The lowest BCUT2D eigenvalue weighted by molar-refractivity contribution is -0.119. The summed E-state index contributed by atoms with van der Waals surface area (Å²) >= 11 is 5.90. The van der Waals surface area contributed by atoms with Crippen LogP contribution in [0, 0.1) is 6.92 Å². The van der Waals surface area contributed by atoms with Crippen molar-refractivity contribution in [3.8, 4) is 0 Å². The van der Waals surface area contributed by atoms with Crippen LogP contribution in [0.3, 0.4) is 0 Å². The van der Waals surface area contributed by atoms with Gasteiger partial charge in [-0.2, -0.15) is 4.31 Å². The molecule has 1 heterocycles. The van der Waals surface area contributed by atoms with Crippen molar-refractivity contribution < 1.29 is 13.2 Å². The molecule has 0 saturated carbocycles. The van der Waals surface area contributed by atoms with Crippen molar-refractivity contribution in [1.29, 1.82) is 0 Å². The molecule has 0 N–H and O–H groups in total. The van der Waals surface area contributed by atoms with E-state index in [0.717, 1.165) is 12.0 Å². The minimum atomic E-state index is -3.50. The Labute approximate surface area is 117 Å². The molecule has 1 amide bonds. The molecule has 0 bridgehead atoms. The van der Waals surface area contributed by atoms with Crippen LogP contribution < -0.4 is 0 Å². The number of carbonyl (C=O) groups excluding carboxylic acids is 1. The van der Waals surface area contributed by atoms with Gasteiger partial charge in [-0.3, -0.25) is 4.79 Å². The second-order valence-electron chi connectivity index (χ2n) is 4.46. The van der Waals surface area contributed by atoms with Crippen LogP contribution in [-0.2, 0) is 14.8 Å². The number of sulfonamides is 1. The maximum atomic E-state index is 12.4. The second-order valence-corrected chi connectivity index (χ2v) is 6.80. The molecule has 1 aromatic carbocycles. The van der Waals surface area contributed by atoms with Gasteiger partial charge in [-0.15, -0.1) is 0 Å². The first-order valence-corrected chi connectivity index (χ1v) is 7.72. The Morgan fingerprint density at radius 3 is 2.37 bits per heavy atom. The smallest absolute Gasteiger partial charge is 0.243 e. The Kier molecular flexibility index (Phi) is 4.13. The highest BCUT2D eigenvalue weighted by molar-refractivity contribution is 7.89. The minimum Gasteiger partial charge on any atom is -0.343 e. The van der Waals surface area contributed by atoms with Gasteiger partial charge in [-0.25, -0.2) is 8.42 Å². The predicted molar refractivity (Wildman–Crippen MR) is 72.6 cm³/mol. The molecule has 7 heteroatoms. The molecule has 0 spiro atoms. The largest absolute Gasteiger partial charge is 0.343 e. The van der Waals surface area contributed by atoms with E-state index in [9.17, 15) is 13.2 Å². The van der Waals surface area contributed by atoms with Crippen molar-refractivity contribution in [2.75, 3.05) is 26.2 Å². The first-order chi connectivity index (χ1) is 8.95. The summed E-state index contributed by atoms with van der Waals surface area (Å²) in [5, 5.41) is 0.546. The topological polar surface area (TPSA) is 57.7 Å². The summed E-state index contributed by atoms with van der Waals surface area (Å²) in [4.78, 5) is 12.4. The number of hydrogen-bond donors (Lipinski definition) is 0. The molecule has 2 rings (SSSR count). The van der Waals surface area contributed by atoms with Gasteiger partial charge in [0.15, 0.2) is 0 Å². The van der Waals surface area contributed by atoms with Crippen molar-refractivity contribution in [2.45, 2.75) is 11.8 Å². The fourth-order valence-electron chi connectivity index (χ4n) is 1.98. The summed E-state index contributed by atoms with van der Waals surface area (Å²) in [5.41, 5.74) is 0.731. The van der Waals surface area contributed by atoms with Crippen LogP contribution in [0.25, 0.3) is 0 Å². The third-order valence-corrected chi connectivity index (χ3v) is 5.51. The Hall–Kier alpha value is -1.11. The van der Waals surface area contributed by atoms with Gasteiger partial charge in [0.25, 0.3) is 0 Å². The molecular weight excluding hydrogens is 288 g/mol. The molecule has 104 valence electrons. The van der Waals surface area contributed by atoms with Crippen LogP contribution in [0.2, 0.25) is 5.02 Å². The molecule has 0 aromatic heterocycles. The summed E-state index contributed by atoms with van der Waals surface area (Å²) in [5.74, 6) is 0. The maximum Gasteiger partial charge on any atom is 0.243 e. The molecule has 0 aliphatic carbocycles. The summed E-state index contributed by atoms with van der Waals surface area (Å²) in [6.07, 6.45) is 0.746. The first-order valence-electron chi connectivity index (χ1n) is 5.91. The van der Waals surface area contributed by atoms with E-state index in [4.69, 9.17) is 11.6 Å². The van der Waals surface area contributed by atoms with E-state index >= 15 is 0 Å². The second kappa shape index (κ2) is 5.48. The number of hydrogen-bond acceptors (Lipinski definition) is 3. The molecule has 1 saturated heterocycles. The van der Waals surface area contributed by atoms with Crippen molar-refractivity contribution in [3.63, 3.8) is 0 Å². The molecule has 1 aromatic rings. The third-order valence-electron chi connectivity index (χ3n) is 3.19. The lowest BCUT2D eigenvalue weighted by Crippen LogP contribution is -2.47. The number of carbonyl (C=O) groups is 1. The van der Waals surface area contributed by atoms with Gasteiger partial charge in [0.05, 0.1) is 4.90 Å². The average molecular weight is 303 g/mol. The molecule has 1 fully saturated rings. The number of benzene rings is 1. The van der Waals surface area contributed by atoms with Crippen LogP contribution in [-0.4, -0.2) is 50.2 Å². The van der Waals surface area contributed by atoms with Crippen LogP contribution in [0.15, 0.2) is 23.1 Å². The van der Waals surface area contributed by atoms with E-state index in [1.54, 1.807) is 24.0 Å². The van der Waals surface area contributed by atoms with Gasteiger partial charge >= 0.3 is 0 Å².